The summed E-state index contributed by atoms with van der Waals surface area (Å²) in [7, 11) is -3.48. The van der Waals surface area contributed by atoms with E-state index in [1.165, 1.54) is 0 Å². The van der Waals surface area contributed by atoms with E-state index in [2.05, 4.69) is 29.0 Å². The van der Waals surface area contributed by atoms with Gasteiger partial charge in [-0.15, -0.1) is 0 Å². The molecule has 5 aromatic rings. The molecule has 0 aliphatic carbocycles. The molecule has 0 unspecified atom stereocenters. The first kappa shape index (κ1) is 24.2. The van der Waals surface area contributed by atoms with Crippen molar-refractivity contribution in [1.82, 2.24) is 9.29 Å². The first-order chi connectivity index (χ1) is 17.5. The van der Waals surface area contributed by atoms with E-state index in [9.17, 15) is 13.2 Å². The van der Waals surface area contributed by atoms with Gasteiger partial charge in [-0.1, -0.05) is 85.1 Å². The Morgan fingerprint density at radius 2 is 1.36 bits per heavy atom. The molecular formula is C30H30N2O3S. The van der Waals surface area contributed by atoms with Crippen LogP contribution < -0.4 is 10.3 Å². The molecule has 0 atom stereocenters. The lowest BCUT2D eigenvalue weighted by Crippen LogP contribution is -2.24. The van der Waals surface area contributed by atoms with Crippen LogP contribution >= 0.6 is 0 Å². The van der Waals surface area contributed by atoms with Gasteiger partial charge in [-0.3, -0.25) is 4.79 Å². The molecule has 5 nitrogen and oxygen atoms in total. The highest BCUT2D eigenvalue weighted by atomic mass is 32.2. The fourth-order valence-electron chi connectivity index (χ4n) is 4.88. The highest BCUT2D eigenvalue weighted by Gasteiger charge is 2.14. The predicted octanol–water partition coefficient (Wildman–Crippen LogP) is 6.16. The topological polar surface area (TPSA) is 68.2 Å². The molecule has 1 N–H and O–H groups in total. The van der Waals surface area contributed by atoms with Crippen molar-refractivity contribution in [2.45, 2.75) is 44.0 Å². The lowest BCUT2D eigenvalue weighted by molar-refractivity contribution is 0.557. The van der Waals surface area contributed by atoms with Gasteiger partial charge in [0.25, 0.3) is 5.56 Å². The van der Waals surface area contributed by atoms with Crippen molar-refractivity contribution in [2.24, 2.45) is 0 Å². The number of nitrogens with zero attached hydrogens (tertiary/aromatic N) is 1. The molecule has 1 heterocycles. The molecule has 184 valence electrons. The van der Waals surface area contributed by atoms with E-state index in [0.29, 0.717) is 18.0 Å². The van der Waals surface area contributed by atoms with E-state index in [1.807, 2.05) is 47.9 Å². The maximum Gasteiger partial charge on any atom is 0.258 e. The molecule has 0 saturated carbocycles. The molecule has 0 bridgehead atoms. The van der Waals surface area contributed by atoms with Crippen molar-refractivity contribution in [3.63, 3.8) is 0 Å². The van der Waals surface area contributed by atoms with Gasteiger partial charge < -0.3 is 4.57 Å². The van der Waals surface area contributed by atoms with Crippen LogP contribution in [0.3, 0.4) is 0 Å². The minimum Gasteiger partial charge on any atom is -0.307 e. The highest BCUT2D eigenvalue weighted by molar-refractivity contribution is 7.89. The molecule has 0 aliphatic rings. The molecule has 0 aliphatic heterocycles. The fraction of sp³-hybridized carbons (Fsp3) is 0.233. The normalized spacial score (nSPS) is 12.0. The minimum atomic E-state index is -3.48. The SMILES string of the molecule is Cc1ccc(S(=O)(=O)NCCCCCCn2c(=O)c3ccccc3c3ccc4ccccc4c32)cc1. The molecule has 6 heteroatoms. The maximum atomic E-state index is 13.5. The second kappa shape index (κ2) is 10.2. The third-order valence-electron chi connectivity index (χ3n) is 6.80. The molecule has 0 spiro atoms. The Labute approximate surface area is 211 Å². The number of fused-ring (bicyclic) bond motifs is 5. The molecule has 0 fully saturated rings. The highest BCUT2D eigenvalue weighted by Crippen LogP contribution is 2.29. The molecule has 36 heavy (non-hydrogen) atoms. The number of hydrogen-bond donors (Lipinski definition) is 1. The number of aromatic nitrogens is 1. The summed E-state index contributed by atoms with van der Waals surface area (Å²) in [5.74, 6) is 0. The van der Waals surface area contributed by atoms with Gasteiger partial charge in [-0.25, -0.2) is 13.1 Å². The minimum absolute atomic E-state index is 0.0420. The van der Waals surface area contributed by atoms with Gasteiger partial charge in [-0.2, -0.15) is 0 Å². The largest absolute Gasteiger partial charge is 0.307 e. The van der Waals surface area contributed by atoms with Crippen LogP contribution in [0.4, 0.5) is 0 Å². The van der Waals surface area contributed by atoms with Crippen LogP contribution in [0.5, 0.6) is 0 Å². The second-order valence-corrected chi connectivity index (χ2v) is 11.1. The van der Waals surface area contributed by atoms with E-state index in [4.69, 9.17) is 0 Å². The van der Waals surface area contributed by atoms with Gasteiger partial charge in [0.05, 0.1) is 10.4 Å². The first-order valence-electron chi connectivity index (χ1n) is 12.4. The van der Waals surface area contributed by atoms with Crippen LogP contribution in [0.15, 0.2) is 94.6 Å². The Morgan fingerprint density at radius 1 is 0.694 bits per heavy atom. The predicted molar refractivity (Wildman–Crippen MR) is 148 cm³/mol. The van der Waals surface area contributed by atoms with Crippen LogP contribution in [0, 0.1) is 6.92 Å². The van der Waals surface area contributed by atoms with Crippen molar-refractivity contribution in [1.29, 1.82) is 0 Å². The summed E-state index contributed by atoms with van der Waals surface area (Å²) in [4.78, 5) is 13.8. The summed E-state index contributed by atoms with van der Waals surface area (Å²) in [6, 6.07) is 27.1. The van der Waals surface area contributed by atoms with Crippen LogP contribution in [-0.4, -0.2) is 19.5 Å². The van der Waals surface area contributed by atoms with Gasteiger partial charge in [0.1, 0.15) is 0 Å². The number of sulfonamides is 1. The molecule has 0 radical (unpaired) electrons. The van der Waals surface area contributed by atoms with E-state index >= 15 is 0 Å². The summed E-state index contributed by atoms with van der Waals surface area (Å²) >= 11 is 0. The second-order valence-electron chi connectivity index (χ2n) is 9.31. The number of hydrogen-bond acceptors (Lipinski definition) is 3. The van der Waals surface area contributed by atoms with Crippen LogP contribution in [0.1, 0.15) is 31.2 Å². The van der Waals surface area contributed by atoms with Crippen LogP contribution in [0.2, 0.25) is 0 Å². The molecule has 4 aromatic carbocycles. The quantitative estimate of drug-likeness (QED) is 0.196. The van der Waals surface area contributed by atoms with Gasteiger partial charge in [0.15, 0.2) is 0 Å². The van der Waals surface area contributed by atoms with Crippen molar-refractivity contribution in [2.75, 3.05) is 6.54 Å². The summed E-state index contributed by atoms with van der Waals surface area (Å²) in [5.41, 5.74) is 2.06. The molecule has 0 amide bonds. The number of unbranched alkanes of at least 4 members (excludes halogenated alkanes) is 3. The summed E-state index contributed by atoms with van der Waals surface area (Å²) in [6.07, 6.45) is 3.40. The zero-order chi connectivity index (χ0) is 25.1. The number of pyridine rings is 1. The van der Waals surface area contributed by atoms with Crippen molar-refractivity contribution >= 4 is 42.5 Å². The van der Waals surface area contributed by atoms with Gasteiger partial charge in [0.2, 0.25) is 10.0 Å². The fourth-order valence-corrected chi connectivity index (χ4v) is 5.96. The summed E-state index contributed by atoms with van der Waals surface area (Å²) in [5, 5.41) is 5.03. The van der Waals surface area contributed by atoms with E-state index in [1.54, 1.807) is 24.3 Å². The molecule has 1 aromatic heterocycles. The van der Waals surface area contributed by atoms with Crippen LogP contribution in [-0.2, 0) is 16.6 Å². The van der Waals surface area contributed by atoms with E-state index in [-0.39, 0.29) is 5.56 Å². The third-order valence-corrected chi connectivity index (χ3v) is 8.27. The monoisotopic (exact) mass is 498 g/mol. The zero-order valence-electron chi connectivity index (χ0n) is 20.4. The van der Waals surface area contributed by atoms with Gasteiger partial charge in [0, 0.05) is 29.2 Å². The average Bonchev–Trinajstić information content (AvgIpc) is 2.89. The molecular weight excluding hydrogens is 468 g/mol. The van der Waals surface area contributed by atoms with Crippen molar-refractivity contribution in [3.8, 4) is 0 Å². The Balaban J connectivity index is 1.28. The van der Waals surface area contributed by atoms with Crippen molar-refractivity contribution < 1.29 is 8.42 Å². The summed E-state index contributed by atoms with van der Waals surface area (Å²) < 4.78 is 29.5. The van der Waals surface area contributed by atoms with Gasteiger partial charge >= 0.3 is 0 Å². The smallest absolute Gasteiger partial charge is 0.258 e. The number of nitrogens with one attached hydrogen (secondary N) is 1. The Bertz CT molecular complexity index is 1700. The maximum absolute atomic E-state index is 13.5. The Kier molecular flexibility index (Phi) is 6.90. The van der Waals surface area contributed by atoms with Crippen molar-refractivity contribution in [3.05, 3.63) is 101 Å². The third kappa shape index (κ3) is 4.79. The van der Waals surface area contributed by atoms with Gasteiger partial charge in [-0.05, 0) is 48.7 Å². The Hall–Kier alpha value is -3.48. The average molecular weight is 499 g/mol. The van der Waals surface area contributed by atoms with E-state index < -0.39 is 10.0 Å². The molecule has 5 rings (SSSR count). The Morgan fingerprint density at radius 3 is 2.14 bits per heavy atom. The van der Waals surface area contributed by atoms with Crippen LogP contribution in [0.25, 0.3) is 32.4 Å². The lowest BCUT2D eigenvalue weighted by atomic mass is 10.0. The van der Waals surface area contributed by atoms with E-state index in [0.717, 1.165) is 63.7 Å². The number of benzene rings is 4. The standard InChI is InChI=1S/C30H30N2O3S/c1-22-14-17-24(18-15-22)36(34,35)31-20-8-2-3-9-21-32-29-25-11-5-4-10-23(25)16-19-27(29)26-12-6-7-13-28(26)30(32)33/h4-7,10-19,31H,2-3,8-9,20-21H2,1H3. The zero-order valence-corrected chi connectivity index (χ0v) is 21.2. The number of rotatable bonds is 9. The first-order valence-corrected chi connectivity index (χ1v) is 13.9. The number of aryl methyl sites for hydroxylation is 2. The molecule has 0 saturated heterocycles. The summed E-state index contributed by atoms with van der Waals surface area (Å²) in [6.45, 7) is 2.96. The lowest BCUT2D eigenvalue weighted by Gasteiger charge is -2.15.